The Morgan fingerprint density at radius 2 is 2.14 bits per heavy atom. The molecule has 0 saturated carbocycles. The van der Waals surface area contributed by atoms with Crippen LogP contribution in [0.25, 0.3) is 11.7 Å². The third-order valence-corrected chi connectivity index (χ3v) is 3.57. The zero-order chi connectivity index (χ0) is 15.7. The third-order valence-electron chi connectivity index (χ3n) is 3.01. The molecule has 1 atom stereocenters. The van der Waals surface area contributed by atoms with Gasteiger partial charge in [-0.1, -0.05) is 29.3 Å². The van der Waals surface area contributed by atoms with Crippen molar-refractivity contribution < 1.29 is 13.9 Å². The molecule has 6 nitrogen and oxygen atoms in total. The zero-order valence-corrected chi connectivity index (χ0v) is 12.6. The van der Waals surface area contributed by atoms with Crippen molar-refractivity contribution in [2.24, 2.45) is 0 Å². The van der Waals surface area contributed by atoms with E-state index in [1.54, 1.807) is 24.3 Å². The van der Waals surface area contributed by atoms with Gasteiger partial charge < -0.3 is 13.9 Å². The monoisotopic (exact) mass is 340 g/mol. The van der Waals surface area contributed by atoms with Crippen molar-refractivity contribution in [3.63, 3.8) is 0 Å². The minimum atomic E-state index is -1.03. The lowest BCUT2D eigenvalue weighted by Crippen LogP contribution is -2.20. The molecule has 0 amide bonds. The van der Waals surface area contributed by atoms with Gasteiger partial charge in [-0.3, -0.25) is 0 Å². The van der Waals surface area contributed by atoms with E-state index in [0.29, 0.717) is 21.4 Å². The summed E-state index contributed by atoms with van der Waals surface area (Å²) in [6.45, 7) is -0.107. The van der Waals surface area contributed by atoms with Crippen molar-refractivity contribution in [3.05, 3.63) is 62.8 Å². The summed E-state index contributed by atoms with van der Waals surface area (Å²) in [6.07, 6.45) is 0.411. The Balaban J connectivity index is 1.85. The third kappa shape index (κ3) is 2.94. The first-order chi connectivity index (χ1) is 10.5. The number of aliphatic hydroxyl groups is 1. The molecule has 1 unspecified atom stereocenters. The minimum Gasteiger partial charge on any atom is -0.459 e. The van der Waals surface area contributed by atoms with E-state index >= 15 is 0 Å². The van der Waals surface area contributed by atoms with E-state index in [1.807, 2.05) is 0 Å². The molecule has 0 fully saturated rings. The van der Waals surface area contributed by atoms with Gasteiger partial charge in [0.05, 0.1) is 12.8 Å². The van der Waals surface area contributed by atoms with Gasteiger partial charge in [0.25, 0.3) is 5.89 Å². The lowest BCUT2D eigenvalue weighted by Gasteiger charge is -2.11. The first kappa shape index (κ1) is 14.9. The molecule has 3 rings (SSSR count). The van der Waals surface area contributed by atoms with Crippen LogP contribution < -0.4 is 5.76 Å². The summed E-state index contributed by atoms with van der Waals surface area (Å²) >= 11 is 11.8. The summed E-state index contributed by atoms with van der Waals surface area (Å²) in [6, 6.07) is 7.97. The molecular weight excluding hydrogens is 331 g/mol. The van der Waals surface area contributed by atoms with Crippen molar-refractivity contribution in [1.29, 1.82) is 0 Å². The molecule has 22 heavy (non-hydrogen) atoms. The average Bonchev–Trinajstić information content (AvgIpc) is 3.09. The number of aliphatic hydroxyl groups excluding tert-OH is 1. The second kappa shape index (κ2) is 6.00. The van der Waals surface area contributed by atoms with Crippen LogP contribution in [-0.4, -0.2) is 14.9 Å². The predicted octanol–water partition coefficient (Wildman–Crippen LogP) is 3.14. The van der Waals surface area contributed by atoms with Gasteiger partial charge in [0.1, 0.15) is 6.10 Å². The van der Waals surface area contributed by atoms with Crippen LogP contribution in [-0.2, 0) is 6.54 Å². The van der Waals surface area contributed by atoms with Crippen LogP contribution in [0.4, 0.5) is 0 Å². The highest BCUT2D eigenvalue weighted by atomic mass is 35.5. The fourth-order valence-electron chi connectivity index (χ4n) is 1.96. The smallest absolute Gasteiger partial charge is 0.437 e. The highest BCUT2D eigenvalue weighted by Gasteiger charge is 2.18. The highest BCUT2D eigenvalue weighted by molar-refractivity contribution is 6.35. The maximum absolute atomic E-state index is 11.8. The molecule has 2 aromatic heterocycles. The Hall–Kier alpha value is -2.02. The lowest BCUT2D eigenvalue weighted by molar-refractivity contribution is 0.148. The summed E-state index contributed by atoms with van der Waals surface area (Å²) < 4.78 is 11.1. The van der Waals surface area contributed by atoms with Gasteiger partial charge in [-0.2, -0.15) is 4.68 Å². The number of nitrogens with zero attached hydrogens (tertiary/aromatic N) is 2. The number of hydrogen-bond donors (Lipinski definition) is 1. The van der Waals surface area contributed by atoms with Gasteiger partial charge in [0.15, 0.2) is 5.76 Å². The van der Waals surface area contributed by atoms with Crippen LogP contribution in [0.15, 0.2) is 50.2 Å². The molecule has 0 aliphatic carbocycles. The van der Waals surface area contributed by atoms with E-state index in [1.165, 1.54) is 12.3 Å². The van der Waals surface area contributed by atoms with E-state index < -0.39 is 11.9 Å². The van der Waals surface area contributed by atoms with Crippen LogP contribution in [0.2, 0.25) is 10.0 Å². The Morgan fingerprint density at radius 3 is 2.82 bits per heavy atom. The van der Waals surface area contributed by atoms with Crippen LogP contribution in [0, 0.1) is 0 Å². The van der Waals surface area contributed by atoms with Crippen LogP contribution in [0.1, 0.15) is 11.7 Å². The Morgan fingerprint density at radius 1 is 1.32 bits per heavy atom. The Bertz CT molecular complexity index is 839. The molecule has 0 radical (unpaired) electrons. The summed E-state index contributed by atoms with van der Waals surface area (Å²) in [5, 5.41) is 15.0. The van der Waals surface area contributed by atoms with Gasteiger partial charge in [-0.25, -0.2) is 4.79 Å². The normalized spacial score (nSPS) is 12.5. The van der Waals surface area contributed by atoms with Crippen molar-refractivity contribution in [2.45, 2.75) is 12.6 Å². The number of aromatic nitrogens is 2. The molecule has 8 heteroatoms. The SMILES string of the molecule is O=c1oc(-c2ccco2)nn1CC(O)c1ccc(Cl)cc1Cl. The van der Waals surface area contributed by atoms with Gasteiger partial charge >= 0.3 is 5.76 Å². The van der Waals surface area contributed by atoms with Crippen LogP contribution in [0.3, 0.4) is 0 Å². The molecule has 0 aliphatic heterocycles. The van der Waals surface area contributed by atoms with Crippen molar-refractivity contribution in [1.82, 2.24) is 9.78 Å². The molecule has 2 heterocycles. The Labute approximate surface area is 134 Å². The highest BCUT2D eigenvalue weighted by Crippen LogP contribution is 2.27. The van der Waals surface area contributed by atoms with Crippen molar-refractivity contribution in [3.8, 4) is 11.7 Å². The molecule has 3 aromatic rings. The molecule has 0 spiro atoms. The topological polar surface area (TPSA) is 81.4 Å². The van der Waals surface area contributed by atoms with Crippen LogP contribution >= 0.6 is 23.2 Å². The van der Waals surface area contributed by atoms with E-state index in [-0.39, 0.29) is 12.4 Å². The quantitative estimate of drug-likeness (QED) is 0.788. The predicted molar refractivity (Wildman–Crippen MR) is 79.9 cm³/mol. The largest absolute Gasteiger partial charge is 0.459 e. The molecule has 0 bridgehead atoms. The number of halogens is 2. The van der Waals surface area contributed by atoms with E-state index in [4.69, 9.17) is 32.0 Å². The van der Waals surface area contributed by atoms with Crippen molar-refractivity contribution in [2.75, 3.05) is 0 Å². The van der Waals surface area contributed by atoms with E-state index in [0.717, 1.165) is 4.68 Å². The van der Waals surface area contributed by atoms with E-state index in [9.17, 15) is 9.90 Å². The fourth-order valence-corrected chi connectivity index (χ4v) is 2.49. The number of benzene rings is 1. The van der Waals surface area contributed by atoms with E-state index in [2.05, 4.69) is 5.10 Å². The number of hydrogen-bond acceptors (Lipinski definition) is 5. The minimum absolute atomic E-state index is 0.0457. The van der Waals surface area contributed by atoms with Crippen molar-refractivity contribution >= 4 is 23.2 Å². The second-order valence-electron chi connectivity index (χ2n) is 4.51. The van der Waals surface area contributed by atoms with Gasteiger partial charge in [-0.15, -0.1) is 5.10 Å². The Kier molecular flexibility index (Phi) is 4.06. The number of rotatable bonds is 4. The molecule has 0 saturated heterocycles. The maximum atomic E-state index is 11.8. The molecule has 114 valence electrons. The van der Waals surface area contributed by atoms with Gasteiger partial charge in [-0.05, 0) is 24.3 Å². The first-order valence-corrected chi connectivity index (χ1v) is 7.05. The maximum Gasteiger partial charge on any atom is 0.437 e. The van der Waals surface area contributed by atoms with Gasteiger partial charge in [0, 0.05) is 15.6 Å². The second-order valence-corrected chi connectivity index (χ2v) is 5.36. The summed E-state index contributed by atoms with van der Waals surface area (Å²) in [5.74, 6) is -0.324. The number of furan rings is 1. The molecule has 1 aromatic carbocycles. The average molecular weight is 341 g/mol. The molecule has 0 aliphatic rings. The lowest BCUT2D eigenvalue weighted by atomic mass is 10.1. The van der Waals surface area contributed by atoms with Gasteiger partial charge in [0.2, 0.25) is 0 Å². The van der Waals surface area contributed by atoms with Crippen LogP contribution in [0.5, 0.6) is 0 Å². The fraction of sp³-hybridized carbons (Fsp3) is 0.143. The zero-order valence-electron chi connectivity index (χ0n) is 11.1. The molecule has 1 N–H and O–H groups in total. The summed E-state index contributed by atoms with van der Waals surface area (Å²) in [7, 11) is 0. The standard InChI is InChI=1S/C14H10Cl2N2O4/c15-8-3-4-9(10(16)6-8)11(19)7-18-14(20)22-13(17-18)12-2-1-5-21-12/h1-6,11,19H,7H2. The summed E-state index contributed by atoms with van der Waals surface area (Å²) in [5.41, 5.74) is 0.445. The first-order valence-electron chi connectivity index (χ1n) is 6.29. The summed E-state index contributed by atoms with van der Waals surface area (Å²) in [4.78, 5) is 11.8. The molecular formula is C14H10Cl2N2O4.